The Kier molecular flexibility index (Phi) is 3.93. The van der Waals surface area contributed by atoms with E-state index in [4.69, 9.17) is 11.6 Å². The SMILES string of the molecule is CC1(C)C(O)CC1NS(=O)(=O)c1ccccc1CCl. The van der Waals surface area contributed by atoms with Crippen LogP contribution in [0.1, 0.15) is 25.8 Å². The molecule has 0 saturated heterocycles. The minimum absolute atomic E-state index is 0.147. The summed E-state index contributed by atoms with van der Waals surface area (Å²) < 4.78 is 27.4. The van der Waals surface area contributed by atoms with Crippen LogP contribution in [0.3, 0.4) is 0 Å². The summed E-state index contributed by atoms with van der Waals surface area (Å²) in [5, 5.41) is 9.66. The maximum atomic E-state index is 12.4. The number of aliphatic hydroxyl groups is 1. The maximum Gasteiger partial charge on any atom is 0.241 e. The second-order valence-electron chi connectivity index (χ2n) is 5.49. The van der Waals surface area contributed by atoms with Crippen LogP contribution < -0.4 is 4.72 Å². The minimum Gasteiger partial charge on any atom is -0.392 e. The molecule has 106 valence electrons. The van der Waals surface area contributed by atoms with Crippen LogP contribution in [0.15, 0.2) is 29.2 Å². The van der Waals surface area contributed by atoms with Crippen molar-refractivity contribution < 1.29 is 13.5 Å². The van der Waals surface area contributed by atoms with Crippen molar-refractivity contribution in [1.82, 2.24) is 4.72 Å². The third-order valence-corrected chi connectivity index (χ3v) is 5.78. The molecular formula is C13H18ClNO3S. The van der Waals surface area contributed by atoms with Gasteiger partial charge in [0.05, 0.1) is 11.0 Å². The van der Waals surface area contributed by atoms with Crippen LogP contribution in [0.4, 0.5) is 0 Å². The van der Waals surface area contributed by atoms with Crippen molar-refractivity contribution in [1.29, 1.82) is 0 Å². The number of benzene rings is 1. The zero-order valence-electron chi connectivity index (χ0n) is 10.9. The summed E-state index contributed by atoms with van der Waals surface area (Å²) in [7, 11) is -3.60. The van der Waals surface area contributed by atoms with E-state index in [1.807, 2.05) is 13.8 Å². The van der Waals surface area contributed by atoms with Crippen LogP contribution in [-0.2, 0) is 15.9 Å². The molecule has 19 heavy (non-hydrogen) atoms. The number of rotatable bonds is 4. The number of aliphatic hydroxyl groups excluding tert-OH is 1. The van der Waals surface area contributed by atoms with Gasteiger partial charge in [-0.25, -0.2) is 13.1 Å². The van der Waals surface area contributed by atoms with Crippen molar-refractivity contribution in [2.75, 3.05) is 0 Å². The molecule has 6 heteroatoms. The number of nitrogens with one attached hydrogen (secondary N) is 1. The molecule has 4 nitrogen and oxygen atoms in total. The summed E-state index contributed by atoms with van der Waals surface area (Å²) in [6, 6.07) is 6.42. The van der Waals surface area contributed by atoms with Crippen LogP contribution in [0.25, 0.3) is 0 Å². The molecule has 0 radical (unpaired) electrons. The first kappa shape index (κ1) is 14.8. The predicted molar refractivity (Wildman–Crippen MR) is 74.5 cm³/mol. The lowest BCUT2D eigenvalue weighted by Gasteiger charge is -2.49. The van der Waals surface area contributed by atoms with Gasteiger partial charge in [0, 0.05) is 17.3 Å². The van der Waals surface area contributed by atoms with E-state index in [0.717, 1.165) is 0 Å². The van der Waals surface area contributed by atoms with E-state index in [0.29, 0.717) is 12.0 Å². The topological polar surface area (TPSA) is 66.4 Å². The summed E-state index contributed by atoms with van der Waals surface area (Å²) in [4.78, 5) is 0.210. The highest BCUT2D eigenvalue weighted by Crippen LogP contribution is 2.41. The quantitative estimate of drug-likeness (QED) is 0.835. The standard InChI is InChI=1S/C13H18ClNO3S/c1-13(2)11(7-12(13)16)15-19(17,18)10-6-4-3-5-9(10)8-14/h3-6,11-12,15-16H,7-8H2,1-2H3. The Labute approximate surface area is 118 Å². The predicted octanol–water partition coefficient (Wildman–Crippen LogP) is 1.86. The van der Waals surface area contributed by atoms with Gasteiger partial charge in [0.1, 0.15) is 0 Å². The van der Waals surface area contributed by atoms with Crippen LogP contribution in [0.5, 0.6) is 0 Å². The molecule has 1 aliphatic rings. The first-order valence-corrected chi connectivity index (χ1v) is 8.15. The summed E-state index contributed by atoms with van der Waals surface area (Å²) in [5.74, 6) is 0.147. The first-order valence-electron chi connectivity index (χ1n) is 6.13. The highest BCUT2D eigenvalue weighted by atomic mass is 35.5. The molecule has 0 aliphatic heterocycles. The summed E-state index contributed by atoms with van der Waals surface area (Å²) in [6.07, 6.45) is -0.0293. The first-order chi connectivity index (χ1) is 8.79. The molecule has 0 bridgehead atoms. The van der Waals surface area contributed by atoms with E-state index in [-0.39, 0.29) is 16.8 Å². The highest BCUT2D eigenvalue weighted by molar-refractivity contribution is 7.89. The number of hydrogen-bond donors (Lipinski definition) is 2. The monoisotopic (exact) mass is 303 g/mol. The van der Waals surface area contributed by atoms with Crippen molar-refractivity contribution in [3.05, 3.63) is 29.8 Å². The van der Waals surface area contributed by atoms with E-state index >= 15 is 0 Å². The average Bonchev–Trinajstić information content (AvgIpc) is 2.38. The Morgan fingerprint density at radius 1 is 1.42 bits per heavy atom. The zero-order valence-corrected chi connectivity index (χ0v) is 12.5. The number of hydrogen-bond acceptors (Lipinski definition) is 3. The second-order valence-corrected chi connectivity index (χ2v) is 7.44. The highest BCUT2D eigenvalue weighted by Gasteiger charge is 2.49. The fraction of sp³-hybridized carbons (Fsp3) is 0.538. The van der Waals surface area contributed by atoms with Crippen LogP contribution in [0.2, 0.25) is 0 Å². The molecule has 0 heterocycles. The summed E-state index contributed by atoms with van der Waals surface area (Å²) in [5.41, 5.74) is 0.137. The Hall–Kier alpha value is -0.620. The van der Waals surface area contributed by atoms with Crippen molar-refractivity contribution in [3.8, 4) is 0 Å². The third-order valence-electron chi connectivity index (χ3n) is 3.92. The normalized spacial score (nSPS) is 25.9. The molecule has 2 N–H and O–H groups in total. The van der Waals surface area contributed by atoms with Gasteiger partial charge >= 0.3 is 0 Å². The van der Waals surface area contributed by atoms with Gasteiger partial charge in [-0.15, -0.1) is 11.6 Å². The van der Waals surface area contributed by atoms with Gasteiger partial charge in [-0.1, -0.05) is 32.0 Å². The molecule has 2 unspecified atom stereocenters. The largest absolute Gasteiger partial charge is 0.392 e. The fourth-order valence-electron chi connectivity index (χ4n) is 2.23. The summed E-state index contributed by atoms with van der Waals surface area (Å²) >= 11 is 5.77. The smallest absolute Gasteiger partial charge is 0.241 e. The molecule has 0 spiro atoms. The van der Waals surface area contributed by atoms with Gasteiger partial charge in [-0.3, -0.25) is 0 Å². The van der Waals surface area contributed by atoms with Gasteiger partial charge < -0.3 is 5.11 Å². The van der Waals surface area contributed by atoms with Gasteiger partial charge in [0.25, 0.3) is 0 Å². The number of alkyl halides is 1. The van der Waals surface area contributed by atoms with E-state index in [9.17, 15) is 13.5 Å². The summed E-state index contributed by atoms with van der Waals surface area (Å²) in [6.45, 7) is 3.70. The van der Waals surface area contributed by atoms with Crippen LogP contribution >= 0.6 is 11.6 Å². The molecule has 0 amide bonds. The van der Waals surface area contributed by atoms with Crippen LogP contribution in [-0.4, -0.2) is 25.7 Å². The van der Waals surface area contributed by atoms with Gasteiger partial charge in [-0.2, -0.15) is 0 Å². The lowest BCUT2D eigenvalue weighted by molar-refractivity contribution is -0.0645. The molecule has 1 aromatic rings. The minimum atomic E-state index is -3.60. The maximum absolute atomic E-state index is 12.4. The molecule has 1 aliphatic carbocycles. The Bertz CT molecular complexity index is 571. The molecular weight excluding hydrogens is 286 g/mol. The van der Waals surface area contributed by atoms with Crippen LogP contribution in [0, 0.1) is 5.41 Å². The molecule has 2 atom stereocenters. The van der Waals surface area contributed by atoms with Crippen molar-refractivity contribution in [2.45, 2.75) is 43.2 Å². The molecule has 1 aromatic carbocycles. The Morgan fingerprint density at radius 2 is 2.05 bits per heavy atom. The second kappa shape index (κ2) is 5.05. The lowest BCUT2D eigenvalue weighted by Crippen LogP contribution is -2.61. The van der Waals surface area contributed by atoms with E-state index < -0.39 is 21.5 Å². The fourth-order valence-corrected chi connectivity index (χ4v) is 4.19. The zero-order chi connectivity index (χ0) is 14.3. The number of halogens is 1. The van der Waals surface area contributed by atoms with E-state index in [1.165, 1.54) is 0 Å². The van der Waals surface area contributed by atoms with E-state index in [2.05, 4.69) is 4.72 Å². The van der Waals surface area contributed by atoms with Gasteiger partial charge in [0.2, 0.25) is 10.0 Å². The van der Waals surface area contributed by atoms with Gasteiger partial charge in [0.15, 0.2) is 0 Å². The van der Waals surface area contributed by atoms with Gasteiger partial charge in [-0.05, 0) is 18.1 Å². The number of sulfonamides is 1. The van der Waals surface area contributed by atoms with Crippen molar-refractivity contribution in [3.63, 3.8) is 0 Å². The Morgan fingerprint density at radius 3 is 2.58 bits per heavy atom. The van der Waals surface area contributed by atoms with Crippen molar-refractivity contribution in [2.24, 2.45) is 5.41 Å². The molecule has 1 fully saturated rings. The Balaban J connectivity index is 2.25. The molecule has 2 rings (SSSR count). The van der Waals surface area contributed by atoms with Crippen molar-refractivity contribution >= 4 is 21.6 Å². The third kappa shape index (κ3) is 2.65. The van der Waals surface area contributed by atoms with E-state index in [1.54, 1.807) is 24.3 Å². The average molecular weight is 304 g/mol. The molecule has 1 saturated carbocycles. The molecule has 0 aromatic heterocycles. The lowest BCUT2D eigenvalue weighted by atomic mass is 9.65.